The monoisotopic (exact) mass is 293 g/mol. The molecule has 0 atom stereocenters. The third kappa shape index (κ3) is 4.74. The molecule has 106 valence electrons. The van der Waals surface area contributed by atoms with Crippen LogP contribution in [0.2, 0.25) is 0 Å². The van der Waals surface area contributed by atoms with Gasteiger partial charge in [-0.05, 0) is 37.1 Å². The highest BCUT2D eigenvalue weighted by Crippen LogP contribution is 2.19. The van der Waals surface area contributed by atoms with Crippen LogP contribution in [0, 0.1) is 13.8 Å². The molecule has 0 aliphatic rings. The molecule has 0 aromatic heterocycles. The summed E-state index contributed by atoms with van der Waals surface area (Å²) in [6.45, 7) is 2.26. The van der Waals surface area contributed by atoms with Gasteiger partial charge in [0.15, 0.2) is 0 Å². The topological polar surface area (TPSA) is 20.3 Å². The zero-order valence-corrected chi connectivity index (χ0v) is 11.5. The number of amides is 1. The summed E-state index contributed by atoms with van der Waals surface area (Å²) in [5.41, 5.74) is 2.09. The van der Waals surface area contributed by atoms with E-state index in [4.69, 9.17) is 11.6 Å². The fourth-order valence-electron chi connectivity index (χ4n) is 1.63. The number of nitrogens with zero attached hydrogens (tertiary/aromatic N) is 1. The number of alkyl halides is 4. The average molecular weight is 294 g/mol. The number of halogens is 4. The van der Waals surface area contributed by atoms with E-state index >= 15 is 0 Å². The molecule has 0 saturated carbocycles. The number of rotatable bonds is 4. The van der Waals surface area contributed by atoms with Gasteiger partial charge >= 0.3 is 6.18 Å². The second-order valence-electron chi connectivity index (χ2n) is 4.33. The van der Waals surface area contributed by atoms with Crippen LogP contribution in [0.4, 0.5) is 13.2 Å². The SMILES string of the molecule is Cc1ccc(C(=O)N(CCCl)CC(F)(F)F)cc1C. The van der Waals surface area contributed by atoms with Gasteiger partial charge < -0.3 is 4.90 Å². The second kappa shape index (κ2) is 6.28. The van der Waals surface area contributed by atoms with Crippen LogP contribution in [-0.4, -0.2) is 36.0 Å². The average Bonchev–Trinajstić information content (AvgIpc) is 2.29. The van der Waals surface area contributed by atoms with Crippen molar-refractivity contribution in [2.75, 3.05) is 19.0 Å². The Morgan fingerprint density at radius 2 is 1.89 bits per heavy atom. The maximum Gasteiger partial charge on any atom is 0.406 e. The molecule has 0 bridgehead atoms. The van der Waals surface area contributed by atoms with E-state index in [1.54, 1.807) is 12.1 Å². The normalized spacial score (nSPS) is 11.5. The third-order valence-electron chi connectivity index (χ3n) is 2.77. The van der Waals surface area contributed by atoms with Crippen molar-refractivity contribution in [1.82, 2.24) is 4.90 Å². The Morgan fingerprint density at radius 1 is 1.26 bits per heavy atom. The first-order valence-electron chi connectivity index (χ1n) is 5.74. The van der Waals surface area contributed by atoms with Crippen molar-refractivity contribution >= 4 is 17.5 Å². The molecule has 2 nitrogen and oxygen atoms in total. The number of carbonyl (C=O) groups excluding carboxylic acids is 1. The van der Waals surface area contributed by atoms with Gasteiger partial charge in [0.1, 0.15) is 6.54 Å². The minimum atomic E-state index is -4.43. The summed E-state index contributed by atoms with van der Waals surface area (Å²) < 4.78 is 37.2. The number of aryl methyl sites for hydroxylation is 2. The van der Waals surface area contributed by atoms with E-state index in [2.05, 4.69) is 0 Å². The highest BCUT2D eigenvalue weighted by Gasteiger charge is 2.33. The molecule has 19 heavy (non-hydrogen) atoms. The first kappa shape index (κ1) is 15.8. The molecule has 0 aliphatic carbocycles. The third-order valence-corrected chi connectivity index (χ3v) is 2.93. The molecule has 0 heterocycles. The van der Waals surface area contributed by atoms with Crippen LogP contribution in [0.15, 0.2) is 18.2 Å². The van der Waals surface area contributed by atoms with Crippen LogP contribution in [0.1, 0.15) is 21.5 Å². The maximum atomic E-state index is 12.4. The Hall–Kier alpha value is -1.23. The van der Waals surface area contributed by atoms with Crippen LogP contribution < -0.4 is 0 Å². The molecule has 0 unspecified atom stereocenters. The summed E-state index contributed by atoms with van der Waals surface area (Å²) in [6.07, 6.45) is -4.43. The van der Waals surface area contributed by atoms with Crippen molar-refractivity contribution in [3.8, 4) is 0 Å². The highest BCUT2D eigenvalue weighted by atomic mass is 35.5. The fraction of sp³-hybridized carbons (Fsp3) is 0.462. The lowest BCUT2D eigenvalue weighted by atomic mass is 10.1. The second-order valence-corrected chi connectivity index (χ2v) is 4.71. The van der Waals surface area contributed by atoms with Crippen molar-refractivity contribution in [1.29, 1.82) is 0 Å². The first-order chi connectivity index (χ1) is 8.74. The first-order valence-corrected chi connectivity index (χ1v) is 6.27. The van der Waals surface area contributed by atoms with E-state index in [1.165, 1.54) is 6.07 Å². The molecule has 1 aromatic carbocycles. The fourth-order valence-corrected chi connectivity index (χ4v) is 1.83. The standard InChI is InChI=1S/C13H15ClF3NO/c1-9-3-4-11(7-10(9)2)12(19)18(6-5-14)8-13(15,16)17/h3-4,7H,5-6,8H2,1-2H3. The van der Waals surface area contributed by atoms with Gasteiger partial charge in [-0.15, -0.1) is 11.6 Å². The Bertz CT molecular complexity index is 460. The van der Waals surface area contributed by atoms with Crippen LogP contribution in [0.5, 0.6) is 0 Å². The molecule has 0 saturated heterocycles. The van der Waals surface area contributed by atoms with Gasteiger partial charge in [0.05, 0.1) is 0 Å². The largest absolute Gasteiger partial charge is 0.406 e. The zero-order chi connectivity index (χ0) is 14.6. The summed E-state index contributed by atoms with van der Waals surface area (Å²) in [4.78, 5) is 12.8. The Labute approximate surface area is 115 Å². The molecule has 1 rings (SSSR count). The van der Waals surface area contributed by atoms with Crippen molar-refractivity contribution in [3.05, 3.63) is 34.9 Å². The minimum Gasteiger partial charge on any atom is -0.328 e. The quantitative estimate of drug-likeness (QED) is 0.778. The van der Waals surface area contributed by atoms with Crippen molar-refractivity contribution in [2.24, 2.45) is 0 Å². The van der Waals surface area contributed by atoms with Crippen LogP contribution in [0.25, 0.3) is 0 Å². The molecule has 1 aromatic rings. The van der Waals surface area contributed by atoms with E-state index in [9.17, 15) is 18.0 Å². The summed E-state index contributed by atoms with van der Waals surface area (Å²) in [6, 6.07) is 4.84. The number of benzene rings is 1. The molecular weight excluding hydrogens is 279 g/mol. The number of hydrogen-bond acceptors (Lipinski definition) is 1. The maximum absolute atomic E-state index is 12.4. The van der Waals surface area contributed by atoms with Crippen LogP contribution in [-0.2, 0) is 0 Å². The number of hydrogen-bond donors (Lipinski definition) is 0. The molecule has 0 aliphatic heterocycles. The van der Waals surface area contributed by atoms with Crippen LogP contribution in [0.3, 0.4) is 0 Å². The lowest BCUT2D eigenvalue weighted by molar-refractivity contribution is -0.140. The number of carbonyl (C=O) groups is 1. The van der Waals surface area contributed by atoms with Crippen LogP contribution >= 0.6 is 11.6 Å². The summed E-state index contributed by atoms with van der Waals surface area (Å²) in [7, 11) is 0. The predicted octanol–water partition coefficient (Wildman–Crippen LogP) is 3.55. The van der Waals surface area contributed by atoms with Crippen molar-refractivity contribution in [3.63, 3.8) is 0 Å². The Morgan fingerprint density at radius 3 is 2.37 bits per heavy atom. The lowest BCUT2D eigenvalue weighted by Crippen LogP contribution is -2.40. The van der Waals surface area contributed by atoms with Gasteiger partial charge in [0.2, 0.25) is 0 Å². The summed E-state index contributed by atoms with van der Waals surface area (Å²) >= 11 is 5.45. The molecule has 0 N–H and O–H groups in total. The lowest BCUT2D eigenvalue weighted by Gasteiger charge is -2.23. The Balaban J connectivity index is 2.95. The summed E-state index contributed by atoms with van der Waals surface area (Å²) in [5.74, 6) is -0.687. The van der Waals surface area contributed by atoms with Gasteiger partial charge in [-0.1, -0.05) is 6.07 Å². The molecule has 0 radical (unpaired) electrons. The van der Waals surface area contributed by atoms with Gasteiger partial charge in [-0.3, -0.25) is 4.79 Å². The molecule has 0 spiro atoms. The highest BCUT2D eigenvalue weighted by molar-refractivity contribution is 6.18. The minimum absolute atomic E-state index is 0.0351. The zero-order valence-electron chi connectivity index (χ0n) is 10.7. The summed E-state index contributed by atoms with van der Waals surface area (Å²) in [5, 5.41) is 0. The molecule has 1 amide bonds. The Kier molecular flexibility index (Phi) is 5.23. The smallest absolute Gasteiger partial charge is 0.328 e. The van der Waals surface area contributed by atoms with Gasteiger partial charge in [0.25, 0.3) is 5.91 Å². The van der Waals surface area contributed by atoms with E-state index in [1.807, 2.05) is 13.8 Å². The van der Waals surface area contributed by atoms with E-state index in [0.29, 0.717) is 0 Å². The van der Waals surface area contributed by atoms with Gasteiger partial charge in [-0.25, -0.2) is 0 Å². The predicted molar refractivity (Wildman–Crippen MR) is 68.6 cm³/mol. The van der Waals surface area contributed by atoms with E-state index in [-0.39, 0.29) is 18.0 Å². The van der Waals surface area contributed by atoms with E-state index in [0.717, 1.165) is 16.0 Å². The van der Waals surface area contributed by atoms with Gasteiger partial charge in [-0.2, -0.15) is 13.2 Å². The van der Waals surface area contributed by atoms with Crippen molar-refractivity contribution < 1.29 is 18.0 Å². The molecular formula is C13H15ClF3NO. The van der Waals surface area contributed by atoms with Gasteiger partial charge in [0, 0.05) is 18.0 Å². The molecule has 6 heteroatoms. The van der Waals surface area contributed by atoms with Crippen molar-refractivity contribution in [2.45, 2.75) is 20.0 Å². The molecule has 0 fully saturated rings. The van der Waals surface area contributed by atoms with E-state index < -0.39 is 18.6 Å².